The van der Waals surface area contributed by atoms with Gasteiger partial charge in [0.1, 0.15) is 0 Å². The van der Waals surface area contributed by atoms with Gasteiger partial charge in [-0.25, -0.2) is 0 Å². The number of nitrogens with zero attached hydrogens (tertiary/aromatic N) is 2. The van der Waals surface area contributed by atoms with Gasteiger partial charge in [0, 0.05) is 34.1 Å². The highest BCUT2D eigenvalue weighted by Crippen LogP contribution is 2.04. The highest BCUT2D eigenvalue weighted by Gasteiger charge is 2.14. The predicted octanol–water partition coefficient (Wildman–Crippen LogP) is -0.0570. The lowest BCUT2D eigenvalue weighted by Gasteiger charge is -2.03. The van der Waals surface area contributed by atoms with Crippen LogP contribution in [-0.2, 0) is 9.59 Å². The molecule has 0 aromatic carbocycles. The first kappa shape index (κ1) is 10.9. The zero-order valence-corrected chi connectivity index (χ0v) is 7.91. The van der Waals surface area contributed by atoms with Crippen LogP contribution in [0.4, 0.5) is 0 Å². The van der Waals surface area contributed by atoms with Crippen molar-refractivity contribution in [3.63, 3.8) is 0 Å². The third-order valence-corrected chi connectivity index (χ3v) is 1.52. The summed E-state index contributed by atoms with van der Waals surface area (Å²) in [5, 5.41) is 0. The molecule has 0 aromatic rings. The Morgan fingerprint density at radius 1 is 1.50 bits per heavy atom. The molecule has 0 N–H and O–H groups in total. The molecule has 70 valence electrons. The maximum absolute atomic E-state index is 10.5. The van der Waals surface area contributed by atoms with Gasteiger partial charge in [-0.1, -0.05) is 0 Å². The Labute approximate surface area is 73.1 Å². The van der Waals surface area contributed by atoms with Gasteiger partial charge in [-0.2, -0.15) is 0 Å². The van der Waals surface area contributed by atoms with Gasteiger partial charge in [0.2, 0.25) is 12.3 Å². The Kier molecular flexibility index (Phi) is 5.08. The minimum absolute atomic E-state index is 0.292. The summed E-state index contributed by atoms with van der Waals surface area (Å²) < 4.78 is 0. The van der Waals surface area contributed by atoms with Crippen LogP contribution in [0.15, 0.2) is 0 Å². The van der Waals surface area contributed by atoms with Crippen molar-refractivity contribution >= 4 is 12.3 Å². The molecule has 0 spiro atoms. The molecule has 4 heteroatoms. The second-order valence-electron chi connectivity index (χ2n) is 2.99. The number of carbonyl (C=O) groups is 2. The molecule has 1 aliphatic rings. The molecule has 12 heavy (non-hydrogen) atoms. The molecule has 0 bridgehead atoms. The summed E-state index contributed by atoms with van der Waals surface area (Å²) in [6.45, 7) is 0.957. The normalized spacial score (nSPS) is 15.2. The Morgan fingerprint density at radius 3 is 2.08 bits per heavy atom. The van der Waals surface area contributed by atoms with E-state index in [4.69, 9.17) is 0 Å². The number of hydrogen-bond acceptors (Lipinski definition) is 2. The molecule has 1 fully saturated rings. The van der Waals surface area contributed by atoms with Crippen LogP contribution in [0.2, 0.25) is 0 Å². The number of rotatable bonds is 1. The van der Waals surface area contributed by atoms with Crippen LogP contribution in [0, 0.1) is 0 Å². The summed E-state index contributed by atoms with van der Waals surface area (Å²) in [6, 6.07) is 0. The standard InChI is InChI=1S/C5H9NO.C3H7NO/c1-6-4-2-3-5(6)7;1-4(2)3-5/h2-4H2,1H3;3H,1-2H3. The molecular formula is C8H16N2O2. The van der Waals surface area contributed by atoms with Gasteiger partial charge >= 0.3 is 0 Å². The third kappa shape index (κ3) is 4.71. The molecule has 2 amide bonds. The van der Waals surface area contributed by atoms with Crippen molar-refractivity contribution in [3.8, 4) is 0 Å². The molecule has 4 nitrogen and oxygen atoms in total. The van der Waals surface area contributed by atoms with Crippen LogP contribution >= 0.6 is 0 Å². The lowest BCUT2D eigenvalue weighted by molar-refractivity contribution is -0.126. The molecule has 0 aliphatic carbocycles. The van der Waals surface area contributed by atoms with E-state index in [0.717, 1.165) is 25.8 Å². The third-order valence-electron chi connectivity index (χ3n) is 1.52. The molecule has 0 radical (unpaired) electrons. The minimum Gasteiger partial charge on any atom is -0.351 e. The van der Waals surface area contributed by atoms with Gasteiger partial charge in [-0.05, 0) is 6.42 Å². The maximum Gasteiger partial charge on any atom is 0.222 e. The lowest BCUT2D eigenvalue weighted by atomic mass is 10.4. The van der Waals surface area contributed by atoms with Crippen molar-refractivity contribution in [2.45, 2.75) is 12.8 Å². The summed E-state index contributed by atoms with van der Waals surface area (Å²) in [5.74, 6) is 0.292. The van der Waals surface area contributed by atoms with Crippen molar-refractivity contribution in [2.75, 3.05) is 27.7 Å². The van der Waals surface area contributed by atoms with Crippen LogP contribution < -0.4 is 0 Å². The second kappa shape index (κ2) is 5.57. The van der Waals surface area contributed by atoms with E-state index >= 15 is 0 Å². The zero-order chi connectivity index (χ0) is 9.56. The van der Waals surface area contributed by atoms with Crippen LogP contribution in [-0.4, -0.2) is 49.8 Å². The highest BCUT2D eigenvalue weighted by molar-refractivity contribution is 5.77. The van der Waals surface area contributed by atoms with E-state index < -0.39 is 0 Å². The van der Waals surface area contributed by atoms with E-state index in [2.05, 4.69) is 0 Å². The minimum atomic E-state index is 0.292. The van der Waals surface area contributed by atoms with Gasteiger partial charge in [-0.15, -0.1) is 0 Å². The van der Waals surface area contributed by atoms with Crippen LogP contribution in [0.5, 0.6) is 0 Å². The number of amides is 2. The van der Waals surface area contributed by atoms with Crippen molar-refractivity contribution in [2.24, 2.45) is 0 Å². The first-order valence-corrected chi connectivity index (χ1v) is 3.93. The first-order chi connectivity index (χ1) is 5.57. The van der Waals surface area contributed by atoms with Gasteiger partial charge in [-0.3, -0.25) is 9.59 Å². The van der Waals surface area contributed by atoms with Gasteiger partial charge < -0.3 is 9.80 Å². The summed E-state index contributed by atoms with van der Waals surface area (Å²) in [7, 11) is 5.22. The fraction of sp³-hybridized carbons (Fsp3) is 0.750. The smallest absolute Gasteiger partial charge is 0.222 e. The summed E-state index contributed by atoms with van der Waals surface area (Å²) in [4.78, 5) is 23.1. The average Bonchev–Trinajstić information content (AvgIpc) is 2.37. The largest absolute Gasteiger partial charge is 0.351 e. The van der Waals surface area contributed by atoms with Crippen molar-refractivity contribution in [1.29, 1.82) is 0 Å². The highest BCUT2D eigenvalue weighted by atomic mass is 16.2. The quantitative estimate of drug-likeness (QED) is 0.520. The molecule has 0 aromatic heterocycles. The SMILES string of the molecule is CN(C)C=O.CN1CCCC1=O. The van der Waals surface area contributed by atoms with Crippen molar-refractivity contribution in [1.82, 2.24) is 9.80 Å². The monoisotopic (exact) mass is 172 g/mol. The van der Waals surface area contributed by atoms with Crippen LogP contribution in [0.25, 0.3) is 0 Å². The van der Waals surface area contributed by atoms with Crippen LogP contribution in [0.1, 0.15) is 12.8 Å². The number of hydrogen-bond donors (Lipinski definition) is 0. The number of carbonyl (C=O) groups excluding carboxylic acids is 2. The Hall–Kier alpha value is -1.06. The molecular weight excluding hydrogens is 156 g/mol. The van der Waals surface area contributed by atoms with E-state index in [1.54, 1.807) is 19.0 Å². The van der Waals surface area contributed by atoms with Gasteiger partial charge in [0.25, 0.3) is 0 Å². The fourth-order valence-corrected chi connectivity index (χ4v) is 0.783. The summed E-state index contributed by atoms with van der Waals surface area (Å²) in [5.41, 5.74) is 0. The molecule has 0 unspecified atom stereocenters. The molecule has 1 heterocycles. The fourth-order valence-electron chi connectivity index (χ4n) is 0.783. The first-order valence-electron chi connectivity index (χ1n) is 3.93. The molecule has 0 atom stereocenters. The predicted molar refractivity (Wildman–Crippen MR) is 46.6 cm³/mol. The van der Waals surface area contributed by atoms with E-state index in [1.165, 1.54) is 4.90 Å². The molecule has 0 saturated carbocycles. The molecule has 1 saturated heterocycles. The van der Waals surface area contributed by atoms with E-state index in [1.807, 2.05) is 7.05 Å². The summed E-state index contributed by atoms with van der Waals surface area (Å²) in [6.07, 6.45) is 2.56. The van der Waals surface area contributed by atoms with Crippen molar-refractivity contribution < 1.29 is 9.59 Å². The van der Waals surface area contributed by atoms with Gasteiger partial charge in [0.05, 0.1) is 0 Å². The topological polar surface area (TPSA) is 40.6 Å². The van der Waals surface area contributed by atoms with Gasteiger partial charge in [0.15, 0.2) is 0 Å². The Morgan fingerprint density at radius 2 is 2.00 bits per heavy atom. The Balaban J connectivity index is 0.000000217. The lowest BCUT2D eigenvalue weighted by Crippen LogP contribution is -2.17. The van der Waals surface area contributed by atoms with Crippen LogP contribution in [0.3, 0.4) is 0 Å². The van der Waals surface area contributed by atoms with Crippen molar-refractivity contribution in [3.05, 3.63) is 0 Å². The maximum atomic E-state index is 10.5. The Bertz CT molecular complexity index is 157. The van der Waals surface area contributed by atoms with E-state index in [0.29, 0.717) is 5.91 Å². The molecule has 1 rings (SSSR count). The zero-order valence-electron chi connectivity index (χ0n) is 7.91. The average molecular weight is 172 g/mol. The van der Waals surface area contributed by atoms with E-state index in [9.17, 15) is 9.59 Å². The molecule has 1 aliphatic heterocycles. The summed E-state index contributed by atoms with van der Waals surface area (Å²) >= 11 is 0. The second-order valence-corrected chi connectivity index (χ2v) is 2.99. The van der Waals surface area contributed by atoms with E-state index in [-0.39, 0.29) is 0 Å². The number of likely N-dealkylation sites (tertiary alicyclic amines) is 1.